The Labute approximate surface area is 121 Å². The van der Waals surface area contributed by atoms with Gasteiger partial charge in [0.25, 0.3) is 5.91 Å². The van der Waals surface area contributed by atoms with Gasteiger partial charge in [0.05, 0.1) is 28.7 Å². The topological polar surface area (TPSA) is 96.7 Å². The van der Waals surface area contributed by atoms with Crippen LogP contribution in [0, 0.1) is 24.1 Å². The second-order valence-electron chi connectivity index (χ2n) is 4.42. The highest BCUT2D eigenvalue weighted by molar-refractivity contribution is 6.06. The molecular formula is C14H14FN5O. The maximum absolute atomic E-state index is 13.8. The summed E-state index contributed by atoms with van der Waals surface area (Å²) in [5.41, 5.74) is 7.01. The Morgan fingerprint density at radius 1 is 1.57 bits per heavy atom. The molecule has 1 aromatic carbocycles. The van der Waals surface area contributed by atoms with Gasteiger partial charge < -0.3 is 11.1 Å². The number of nitrogens with one attached hydrogen (secondary N) is 1. The first-order chi connectivity index (χ1) is 9.97. The van der Waals surface area contributed by atoms with Crippen LogP contribution in [0.25, 0.3) is 0 Å². The van der Waals surface area contributed by atoms with Crippen molar-refractivity contribution in [2.45, 2.75) is 20.4 Å². The molecule has 0 saturated carbocycles. The number of carbonyl (C=O) groups is 1. The van der Waals surface area contributed by atoms with E-state index in [4.69, 9.17) is 11.0 Å². The molecule has 0 spiro atoms. The summed E-state index contributed by atoms with van der Waals surface area (Å²) in [7, 11) is 0. The fourth-order valence-electron chi connectivity index (χ4n) is 1.93. The summed E-state index contributed by atoms with van der Waals surface area (Å²) < 4.78 is 15.2. The lowest BCUT2D eigenvalue weighted by atomic mass is 10.2. The summed E-state index contributed by atoms with van der Waals surface area (Å²) in [6.45, 7) is 3.99. The van der Waals surface area contributed by atoms with Gasteiger partial charge in [-0.15, -0.1) is 0 Å². The lowest BCUT2D eigenvalue weighted by Gasteiger charge is -2.08. The predicted molar refractivity (Wildman–Crippen MR) is 76.1 cm³/mol. The van der Waals surface area contributed by atoms with Crippen molar-refractivity contribution in [1.82, 2.24) is 9.78 Å². The predicted octanol–water partition coefficient (Wildman–Crippen LogP) is 2.06. The van der Waals surface area contributed by atoms with E-state index >= 15 is 0 Å². The molecule has 0 aliphatic carbocycles. The molecule has 1 aromatic heterocycles. The smallest absolute Gasteiger partial charge is 0.276 e. The average Bonchev–Trinajstić information content (AvgIpc) is 2.76. The van der Waals surface area contributed by atoms with Crippen LogP contribution < -0.4 is 11.1 Å². The van der Waals surface area contributed by atoms with Crippen LogP contribution >= 0.6 is 0 Å². The number of aryl methyl sites for hydroxylation is 2. The molecule has 7 heteroatoms. The van der Waals surface area contributed by atoms with Crippen molar-refractivity contribution in [3.8, 4) is 6.07 Å². The first kappa shape index (κ1) is 14.5. The highest BCUT2D eigenvalue weighted by Crippen LogP contribution is 2.20. The lowest BCUT2D eigenvalue weighted by molar-refractivity contribution is 0.101. The molecule has 108 valence electrons. The summed E-state index contributed by atoms with van der Waals surface area (Å²) in [5, 5.41) is 15.3. The summed E-state index contributed by atoms with van der Waals surface area (Å²) in [5.74, 6) is -1.22. The average molecular weight is 287 g/mol. The minimum atomic E-state index is -0.680. The first-order valence-corrected chi connectivity index (χ1v) is 6.31. The Morgan fingerprint density at radius 2 is 2.29 bits per heavy atom. The van der Waals surface area contributed by atoms with Gasteiger partial charge in [-0.3, -0.25) is 9.48 Å². The normalized spacial score (nSPS) is 10.2. The molecular weight excluding hydrogens is 273 g/mol. The number of anilines is 2. The number of nitriles is 1. The van der Waals surface area contributed by atoms with E-state index in [0.29, 0.717) is 12.2 Å². The maximum Gasteiger partial charge on any atom is 0.276 e. The number of hydrogen-bond donors (Lipinski definition) is 2. The van der Waals surface area contributed by atoms with Crippen molar-refractivity contribution >= 4 is 17.3 Å². The van der Waals surface area contributed by atoms with Crippen LogP contribution in [0.2, 0.25) is 0 Å². The number of halogens is 1. The molecule has 0 unspecified atom stereocenters. The molecule has 0 saturated heterocycles. The molecule has 0 bridgehead atoms. The Kier molecular flexibility index (Phi) is 3.89. The van der Waals surface area contributed by atoms with Crippen molar-refractivity contribution in [1.29, 1.82) is 5.26 Å². The molecule has 0 radical (unpaired) electrons. The number of nitrogens with two attached hydrogens (primary N) is 1. The monoisotopic (exact) mass is 287 g/mol. The quantitative estimate of drug-likeness (QED) is 0.902. The minimum absolute atomic E-state index is 0.0140. The fraction of sp³-hybridized carbons (Fsp3) is 0.214. The second-order valence-corrected chi connectivity index (χ2v) is 4.42. The van der Waals surface area contributed by atoms with Crippen LogP contribution in [0.5, 0.6) is 0 Å². The van der Waals surface area contributed by atoms with Crippen LogP contribution in [0.3, 0.4) is 0 Å². The molecule has 3 N–H and O–H groups in total. The van der Waals surface area contributed by atoms with E-state index in [1.807, 2.05) is 13.0 Å². The van der Waals surface area contributed by atoms with Gasteiger partial charge in [-0.2, -0.15) is 10.4 Å². The molecule has 1 heterocycles. The van der Waals surface area contributed by atoms with Gasteiger partial charge in [0.1, 0.15) is 11.5 Å². The number of amides is 1. The number of aromatic nitrogens is 2. The van der Waals surface area contributed by atoms with Gasteiger partial charge in [-0.1, -0.05) is 0 Å². The molecule has 0 fully saturated rings. The summed E-state index contributed by atoms with van der Waals surface area (Å²) in [6.07, 6.45) is 0. The minimum Gasteiger partial charge on any atom is -0.395 e. The first-order valence-electron chi connectivity index (χ1n) is 6.31. The summed E-state index contributed by atoms with van der Waals surface area (Å²) >= 11 is 0. The van der Waals surface area contributed by atoms with E-state index in [1.165, 1.54) is 16.8 Å². The third kappa shape index (κ3) is 2.69. The Morgan fingerprint density at radius 3 is 2.86 bits per heavy atom. The molecule has 0 aliphatic heterocycles. The molecule has 2 rings (SSSR count). The zero-order chi connectivity index (χ0) is 15.6. The van der Waals surface area contributed by atoms with Gasteiger partial charge >= 0.3 is 0 Å². The lowest BCUT2D eigenvalue weighted by Crippen LogP contribution is -2.19. The zero-order valence-electron chi connectivity index (χ0n) is 11.6. The van der Waals surface area contributed by atoms with Crippen LogP contribution in [0.4, 0.5) is 15.8 Å². The number of carbonyl (C=O) groups excluding carboxylic acids is 1. The fourth-order valence-corrected chi connectivity index (χ4v) is 1.93. The van der Waals surface area contributed by atoms with Crippen molar-refractivity contribution in [2.24, 2.45) is 0 Å². The molecule has 0 atom stereocenters. The van der Waals surface area contributed by atoms with Crippen LogP contribution in [0.15, 0.2) is 18.2 Å². The van der Waals surface area contributed by atoms with E-state index in [0.717, 1.165) is 6.07 Å². The highest BCUT2D eigenvalue weighted by Gasteiger charge is 2.20. The summed E-state index contributed by atoms with van der Waals surface area (Å²) in [6, 6.07) is 5.64. The number of nitrogens with zero attached hydrogens (tertiary/aromatic N) is 3. The van der Waals surface area contributed by atoms with E-state index in [-0.39, 0.29) is 22.6 Å². The highest BCUT2D eigenvalue weighted by atomic mass is 19.1. The number of benzene rings is 1. The number of rotatable bonds is 3. The SMILES string of the molecule is CCn1nc(C)c(N)c1C(=O)Nc1ccc(C#N)cc1F. The third-order valence-corrected chi connectivity index (χ3v) is 3.03. The van der Waals surface area contributed by atoms with Crippen LogP contribution in [-0.2, 0) is 6.54 Å². The maximum atomic E-state index is 13.8. The Bertz CT molecular complexity index is 745. The Hall–Kier alpha value is -2.88. The molecule has 21 heavy (non-hydrogen) atoms. The van der Waals surface area contributed by atoms with E-state index < -0.39 is 11.7 Å². The van der Waals surface area contributed by atoms with Gasteiger partial charge in [0.15, 0.2) is 0 Å². The van der Waals surface area contributed by atoms with Gasteiger partial charge in [-0.05, 0) is 32.0 Å². The molecule has 6 nitrogen and oxygen atoms in total. The second kappa shape index (κ2) is 5.63. The molecule has 1 amide bonds. The van der Waals surface area contributed by atoms with Gasteiger partial charge in [0, 0.05) is 6.54 Å². The van der Waals surface area contributed by atoms with Crippen LogP contribution in [-0.4, -0.2) is 15.7 Å². The van der Waals surface area contributed by atoms with Crippen molar-refractivity contribution < 1.29 is 9.18 Å². The van der Waals surface area contributed by atoms with Crippen molar-refractivity contribution in [2.75, 3.05) is 11.1 Å². The van der Waals surface area contributed by atoms with Gasteiger partial charge in [0.2, 0.25) is 0 Å². The molecule has 0 aliphatic rings. The number of hydrogen-bond acceptors (Lipinski definition) is 4. The summed E-state index contributed by atoms with van der Waals surface area (Å²) in [4.78, 5) is 12.3. The standard InChI is InChI=1S/C14H14FN5O/c1-3-20-13(12(17)8(2)19-20)14(21)18-11-5-4-9(7-16)6-10(11)15/h4-6H,3,17H2,1-2H3,(H,18,21). The molecule has 2 aromatic rings. The van der Waals surface area contributed by atoms with E-state index in [1.54, 1.807) is 6.92 Å². The van der Waals surface area contributed by atoms with E-state index in [2.05, 4.69) is 10.4 Å². The Balaban J connectivity index is 2.33. The van der Waals surface area contributed by atoms with Crippen molar-refractivity contribution in [3.05, 3.63) is 41.0 Å². The van der Waals surface area contributed by atoms with E-state index in [9.17, 15) is 9.18 Å². The van der Waals surface area contributed by atoms with Crippen LogP contribution in [0.1, 0.15) is 28.7 Å². The van der Waals surface area contributed by atoms with Gasteiger partial charge in [-0.25, -0.2) is 4.39 Å². The van der Waals surface area contributed by atoms with Crippen molar-refractivity contribution in [3.63, 3.8) is 0 Å². The largest absolute Gasteiger partial charge is 0.395 e. The number of nitrogen functional groups attached to an aromatic ring is 1. The zero-order valence-corrected chi connectivity index (χ0v) is 11.6. The third-order valence-electron chi connectivity index (χ3n) is 3.03.